The van der Waals surface area contributed by atoms with E-state index >= 15 is 0 Å². The summed E-state index contributed by atoms with van der Waals surface area (Å²) in [5, 5.41) is 0. The molecule has 0 aliphatic carbocycles. The van der Waals surface area contributed by atoms with Crippen molar-refractivity contribution in [3.63, 3.8) is 0 Å². The molecule has 0 aromatic heterocycles. The second kappa shape index (κ2) is 6.16. The number of ether oxygens (including phenoxy) is 1. The van der Waals surface area contributed by atoms with E-state index in [-0.39, 0.29) is 11.8 Å². The maximum Gasteiger partial charge on any atom is 0.277 e. The highest BCUT2D eigenvalue weighted by molar-refractivity contribution is 6.35. The number of carbonyl (C=O) groups excluding carboxylic acids is 2. The van der Waals surface area contributed by atoms with Crippen LogP contribution in [0.4, 0.5) is 0 Å². The molecule has 0 atom stereocenters. The zero-order chi connectivity index (χ0) is 16.6. The predicted octanol–water partition coefficient (Wildman–Crippen LogP) is 1.74. The molecule has 23 heavy (non-hydrogen) atoms. The first-order chi connectivity index (χ1) is 11.0. The second-order valence-electron chi connectivity index (χ2n) is 5.98. The normalized spacial score (nSPS) is 19.1. The van der Waals surface area contributed by atoms with Gasteiger partial charge in [0, 0.05) is 19.6 Å². The van der Waals surface area contributed by atoms with E-state index in [0.29, 0.717) is 44.1 Å². The molecular weight excluding hydrogens is 292 g/mol. The van der Waals surface area contributed by atoms with Gasteiger partial charge in [0.15, 0.2) is 0 Å². The van der Waals surface area contributed by atoms with E-state index in [1.807, 2.05) is 43.9 Å². The van der Waals surface area contributed by atoms with Crippen molar-refractivity contribution in [2.24, 2.45) is 0 Å². The van der Waals surface area contributed by atoms with E-state index in [4.69, 9.17) is 4.74 Å². The van der Waals surface area contributed by atoms with Crippen LogP contribution in [0.25, 0.3) is 5.57 Å². The summed E-state index contributed by atoms with van der Waals surface area (Å²) in [6, 6.07) is 5.93. The van der Waals surface area contributed by atoms with Crippen molar-refractivity contribution >= 4 is 17.4 Å². The van der Waals surface area contributed by atoms with Gasteiger partial charge in [-0.25, -0.2) is 0 Å². The maximum absolute atomic E-state index is 12.8. The number of benzene rings is 1. The largest absolute Gasteiger partial charge is 0.378 e. The average Bonchev–Trinajstić information content (AvgIpc) is 2.81. The molecule has 1 aromatic rings. The van der Waals surface area contributed by atoms with Crippen LogP contribution in [0.15, 0.2) is 23.9 Å². The lowest BCUT2D eigenvalue weighted by atomic mass is 9.99. The fourth-order valence-electron chi connectivity index (χ4n) is 3.09. The third-order valence-corrected chi connectivity index (χ3v) is 4.58. The molecular formula is C18H22N2O3. The minimum absolute atomic E-state index is 0.187. The van der Waals surface area contributed by atoms with Crippen LogP contribution in [0.3, 0.4) is 0 Å². The third-order valence-electron chi connectivity index (χ3n) is 4.58. The molecule has 0 N–H and O–H groups in total. The summed E-state index contributed by atoms with van der Waals surface area (Å²) < 4.78 is 5.38. The zero-order valence-corrected chi connectivity index (χ0v) is 13.9. The Bertz CT molecular complexity index is 688. The highest BCUT2D eigenvalue weighted by Gasteiger charge is 2.41. The lowest BCUT2D eigenvalue weighted by Gasteiger charge is -2.29. The Balaban J connectivity index is 2.12. The molecule has 1 fully saturated rings. The van der Waals surface area contributed by atoms with E-state index in [2.05, 4.69) is 0 Å². The summed E-state index contributed by atoms with van der Waals surface area (Å²) in [5.74, 6) is -0.380. The highest BCUT2D eigenvalue weighted by Crippen LogP contribution is 2.32. The number of rotatable bonds is 3. The summed E-state index contributed by atoms with van der Waals surface area (Å²) >= 11 is 0. The number of hydrogen-bond donors (Lipinski definition) is 0. The number of imide groups is 1. The molecule has 1 aromatic carbocycles. The number of aryl methyl sites for hydroxylation is 2. The van der Waals surface area contributed by atoms with Crippen LogP contribution in [0.5, 0.6) is 0 Å². The molecule has 2 aliphatic heterocycles. The van der Waals surface area contributed by atoms with Crippen LogP contribution in [0.2, 0.25) is 0 Å². The topological polar surface area (TPSA) is 49.9 Å². The molecule has 0 radical (unpaired) electrons. The fourth-order valence-corrected chi connectivity index (χ4v) is 3.09. The Morgan fingerprint density at radius 1 is 1.04 bits per heavy atom. The molecule has 2 amide bonds. The Morgan fingerprint density at radius 3 is 2.35 bits per heavy atom. The van der Waals surface area contributed by atoms with Crippen molar-refractivity contribution in [3.8, 4) is 0 Å². The van der Waals surface area contributed by atoms with Crippen LogP contribution in [0.1, 0.15) is 23.6 Å². The first-order valence-electron chi connectivity index (χ1n) is 8.05. The predicted molar refractivity (Wildman–Crippen MR) is 87.6 cm³/mol. The van der Waals surface area contributed by atoms with Crippen LogP contribution >= 0.6 is 0 Å². The number of morpholine rings is 1. The van der Waals surface area contributed by atoms with E-state index in [9.17, 15) is 9.59 Å². The number of carbonyl (C=O) groups is 2. The maximum atomic E-state index is 12.8. The standard InChI is InChI=1S/C18H22N2O3/c1-4-20-17(21)15(14-6-5-12(2)13(3)11-14)16(18(20)22)19-7-9-23-10-8-19/h5-6,11H,4,7-10H2,1-3H3. The summed E-state index contributed by atoms with van der Waals surface area (Å²) in [7, 11) is 0. The highest BCUT2D eigenvalue weighted by atomic mass is 16.5. The molecule has 0 unspecified atom stereocenters. The summed E-state index contributed by atoms with van der Waals surface area (Å²) in [5.41, 5.74) is 4.17. The molecule has 3 rings (SSSR count). The van der Waals surface area contributed by atoms with E-state index in [1.54, 1.807) is 0 Å². The van der Waals surface area contributed by atoms with Gasteiger partial charge in [-0.05, 0) is 37.5 Å². The van der Waals surface area contributed by atoms with Crippen molar-refractivity contribution in [2.75, 3.05) is 32.8 Å². The molecule has 1 saturated heterocycles. The Morgan fingerprint density at radius 2 is 1.74 bits per heavy atom. The van der Waals surface area contributed by atoms with Gasteiger partial charge in [0.2, 0.25) is 0 Å². The van der Waals surface area contributed by atoms with Crippen LogP contribution < -0.4 is 0 Å². The quantitative estimate of drug-likeness (QED) is 0.798. The molecule has 5 nitrogen and oxygen atoms in total. The van der Waals surface area contributed by atoms with E-state index in [0.717, 1.165) is 11.1 Å². The van der Waals surface area contributed by atoms with Crippen LogP contribution in [-0.2, 0) is 14.3 Å². The number of likely N-dealkylation sites (N-methyl/N-ethyl adjacent to an activating group) is 1. The van der Waals surface area contributed by atoms with Crippen molar-refractivity contribution in [1.82, 2.24) is 9.80 Å². The molecule has 122 valence electrons. The second-order valence-corrected chi connectivity index (χ2v) is 5.98. The molecule has 0 spiro atoms. The van der Waals surface area contributed by atoms with Crippen molar-refractivity contribution in [1.29, 1.82) is 0 Å². The van der Waals surface area contributed by atoms with Gasteiger partial charge in [0.25, 0.3) is 11.8 Å². The molecule has 2 heterocycles. The van der Waals surface area contributed by atoms with Crippen LogP contribution in [0, 0.1) is 13.8 Å². The number of amides is 2. The third kappa shape index (κ3) is 2.65. The lowest BCUT2D eigenvalue weighted by molar-refractivity contribution is -0.137. The number of nitrogens with zero attached hydrogens (tertiary/aromatic N) is 2. The van der Waals surface area contributed by atoms with Gasteiger partial charge in [0.05, 0.1) is 18.8 Å². The van der Waals surface area contributed by atoms with Gasteiger partial charge in [-0.15, -0.1) is 0 Å². The first kappa shape index (κ1) is 15.7. The molecule has 0 bridgehead atoms. The van der Waals surface area contributed by atoms with Gasteiger partial charge in [0.1, 0.15) is 5.70 Å². The number of hydrogen-bond acceptors (Lipinski definition) is 4. The monoisotopic (exact) mass is 314 g/mol. The van der Waals surface area contributed by atoms with Crippen LogP contribution in [-0.4, -0.2) is 54.5 Å². The van der Waals surface area contributed by atoms with Crippen molar-refractivity contribution in [3.05, 3.63) is 40.6 Å². The molecule has 5 heteroatoms. The smallest absolute Gasteiger partial charge is 0.277 e. The van der Waals surface area contributed by atoms with E-state index < -0.39 is 0 Å². The first-order valence-corrected chi connectivity index (χ1v) is 8.05. The Hall–Kier alpha value is -2.14. The lowest BCUT2D eigenvalue weighted by Crippen LogP contribution is -2.40. The van der Waals surface area contributed by atoms with Crippen molar-refractivity contribution < 1.29 is 14.3 Å². The summed E-state index contributed by atoms with van der Waals surface area (Å²) in [6.45, 7) is 8.72. The minimum Gasteiger partial charge on any atom is -0.378 e. The van der Waals surface area contributed by atoms with Gasteiger partial charge < -0.3 is 9.64 Å². The Labute approximate surface area is 136 Å². The molecule has 2 aliphatic rings. The van der Waals surface area contributed by atoms with Gasteiger partial charge in [-0.2, -0.15) is 0 Å². The SMILES string of the molecule is CCN1C(=O)C(c2ccc(C)c(C)c2)=C(N2CCOCC2)C1=O. The summed E-state index contributed by atoms with van der Waals surface area (Å²) in [6.07, 6.45) is 0. The van der Waals surface area contributed by atoms with Gasteiger partial charge in [-0.3, -0.25) is 14.5 Å². The van der Waals surface area contributed by atoms with Crippen molar-refractivity contribution in [2.45, 2.75) is 20.8 Å². The fraction of sp³-hybridized carbons (Fsp3) is 0.444. The van der Waals surface area contributed by atoms with E-state index in [1.165, 1.54) is 10.5 Å². The van der Waals surface area contributed by atoms with Gasteiger partial charge >= 0.3 is 0 Å². The summed E-state index contributed by atoms with van der Waals surface area (Å²) in [4.78, 5) is 28.9. The molecule has 0 saturated carbocycles. The zero-order valence-electron chi connectivity index (χ0n) is 13.9. The Kier molecular flexibility index (Phi) is 4.22. The van der Waals surface area contributed by atoms with Gasteiger partial charge in [-0.1, -0.05) is 18.2 Å². The average molecular weight is 314 g/mol. The minimum atomic E-state index is -0.192.